The van der Waals surface area contributed by atoms with Gasteiger partial charge in [0.1, 0.15) is 18.4 Å². The molecule has 3 aliphatic heterocycles. The van der Waals surface area contributed by atoms with Crippen LogP contribution >= 0.6 is 36.6 Å². The van der Waals surface area contributed by atoms with Crippen LogP contribution in [0.3, 0.4) is 0 Å². The van der Waals surface area contributed by atoms with Gasteiger partial charge in [-0.2, -0.15) is 0 Å². The first-order valence-corrected chi connectivity index (χ1v) is 12.3. The van der Waals surface area contributed by atoms with Crippen LogP contribution in [0, 0.1) is 5.92 Å². The third kappa shape index (κ3) is 5.40. The SMILES string of the molecule is Cl.Cl.O=C(NCC1CCN(C[C@H]2COc3ccccc3O2)CC1)C1=Cc2cnc3cccc(n23)S1. The zero-order valence-corrected chi connectivity index (χ0v) is 21.5. The monoisotopic (exact) mass is 534 g/mol. The molecule has 1 atom stereocenters. The summed E-state index contributed by atoms with van der Waals surface area (Å²) in [5.41, 5.74) is 1.86. The average Bonchev–Trinajstić information content (AvgIpc) is 3.28. The zero-order chi connectivity index (χ0) is 22.2. The topological polar surface area (TPSA) is 68.1 Å². The summed E-state index contributed by atoms with van der Waals surface area (Å²) >= 11 is 1.50. The minimum absolute atomic E-state index is 0. The first-order chi connectivity index (χ1) is 16.2. The number of nitrogens with zero attached hydrogens (tertiary/aromatic N) is 3. The normalized spacial score (nSPS) is 19.3. The first kappa shape index (κ1) is 25.7. The molecule has 1 fully saturated rings. The number of para-hydroxylation sites is 2. The van der Waals surface area contributed by atoms with Crippen molar-refractivity contribution >= 4 is 54.2 Å². The number of nitrogens with one attached hydrogen (secondary N) is 1. The van der Waals surface area contributed by atoms with E-state index in [-0.39, 0.29) is 36.8 Å². The second kappa shape index (κ2) is 11.1. The fraction of sp³-hybridized carbons (Fsp3) is 0.360. The van der Waals surface area contributed by atoms with Gasteiger partial charge in [0.05, 0.1) is 21.8 Å². The van der Waals surface area contributed by atoms with E-state index in [4.69, 9.17) is 9.47 Å². The van der Waals surface area contributed by atoms with Crippen LogP contribution in [0.4, 0.5) is 0 Å². The van der Waals surface area contributed by atoms with Gasteiger partial charge in [0.2, 0.25) is 0 Å². The van der Waals surface area contributed by atoms with Crippen LogP contribution < -0.4 is 14.8 Å². The van der Waals surface area contributed by atoms with Crippen LogP contribution in [0.1, 0.15) is 18.5 Å². The third-order valence-corrected chi connectivity index (χ3v) is 7.58. The summed E-state index contributed by atoms with van der Waals surface area (Å²) < 4.78 is 14.0. The minimum atomic E-state index is -0.00157. The summed E-state index contributed by atoms with van der Waals surface area (Å²) in [6, 6.07) is 13.8. The maximum Gasteiger partial charge on any atom is 0.258 e. The standard InChI is InChI=1S/C25H26N4O3S.2ClH/c30-25(22-12-18-14-26-23-6-3-7-24(33-22)29(18)23)27-13-17-8-10-28(11-9-17)15-19-16-31-20-4-1-2-5-21(20)32-19;;/h1-7,12,14,17,19H,8-11,13,15-16H2,(H,27,30);2*1H/t19-;;/m0../s1. The van der Waals surface area contributed by atoms with Gasteiger partial charge in [-0.1, -0.05) is 30.0 Å². The summed E-state index contributed by atoms with van der Waals surface area (Å²) in [5, 5.41) is 4.19. The Balaban J connectivity index is 0.00000144. The molecule has 0 bridgehead atoms. The van der Waals surface area contributed by atoms with Crippen LogP contribution in [0.5, 0.6) is 11.5 Å². The highest BCUT2D eigenvalue weighted by Gasteiger charge is 2.27. The van der Waals surface area contributed by atoms with E-state index in [0.717, 1.165) is 65.2 Å². The molecule has 0 unspecified atom stereocenters. The first-order valence-electron chi connectivity index (χ1n) is 11.5. The Morgan fingerprint density at radius 2 is 1.89 bits per heavy atom. The zero-order valence-electron chi connectivity index (χ0n) is 19.1. The van der Waals surface area contributed by atoms with Crippen molar-refractivity contribution in [1.29, 1.82) is 0 Å². The Morgan fingerprint density at radius 3 is 2.71 bits per heavy atom. The van der Waals surface area contributed by atoms with Crippen molar-refractivity contribution < 1.29 is 14.3 Å². The van der Waals surface area contributed by atoms with Crippen molar-refractivity contribution in [3.8, 4) is 11.5 Å². The number of thioether (sulfide) groups is 1. The fourth-order valence-corrected chi connectivity index (χ4v) is 5.74. The number of ether oxygens (including phenoxy) is 2. The highest BCUT2D eigenvalue weighted by atomic mass is 35.5. The molecule has 0 radical (unpaired) electrons. The van der Waals surface area contributed by atoms with Crippen molar-refractivity contribution in [3.63, 3.8) is 0 Å². The molecule has 2 aromatic heterocycles. The Labute approximate surface area is 221 Å². The number of hydrogen-bond acceptors (Lipinski definition) is 6. The predicted molar refractivity (Wildman–Crippen MR) is 142 cm³/mol. The molecule has 7 nitrogen and oxygen atoms in total. The van der Waals surface area contributed by atoms with Gasteiger partial charge in [0.25, 0.3) is 5.91 Å². The van der Waals surface area contributed by atoms with Crippen LogP contribution in [0.25, 0.3) is 11.7 Å². The molecule has 0 saturated carbocycles. The summed E-state index contributed by atoms with van der Waals surface area (Å²) in [4.78, 5) is 20.4. The fourth-order valence-electron chi connectivity index (χ4n) is 4.74. The highest BCUT2D eigenvalue weighted by molar-refractivity contribution is 8.04. The molecule has 186 valence electrons. The number of aromatic nitrogens is 2. The van der Waals surface area contributed by atoms with Crippen molar-refractivity contribution in [1.82, 2.24) is 19.6 Å². The number of pyridine rings is 1. The lowest BCUT2D eigenvalue weighted by molar-refractivity contribution is -0.117. The number of benzene rings is 1. The van der Waals surface area contributed by atoms with Crippen LogP contribution in [-0.4, -0.2) is 59.1 Å². The third-order valence-electron chi connectivity index (χ3n) is 6.53. The molecule has 3 aromatic rings. The number of piperidine rings is 1. The molecule has 3 aliphatic rings. The molecule has 1 aromatic carbocycles. The molecule has 35 heavy (non-hydrogen) atoms. The molecule has 6 rings (SSSR count). The van der Waals surface area contributed by atoms with Gasteiger partial charge in [-0.15, -0.1) is 24.8 Å². The van der Waals surface area contributed by atoms with E-state index in [1.165, 1.54) is 11.8 Å². The number of likely N-dealkylation sites (tertiary alicyclic amines) is 1. The van der Waals surface area contributed by atoms with E-state index in [2.05, 4.69) is 19.6 Å². The van der Waals surface area contributed by atoms with E-state index in [0.29, 0.717) is 19.1 Å². The van der Waals surface area contributed by atoms with E-state index >= 15 is 0 Å². The van der Waals surface area contributed by atoms with E-state index < -0.39 is 0 Å². The maximum absolute atomic E-state index is 12.8. The highest BCUT2D eigenvalue weighted by Crippen LogP contribution is 2.34. The number of rotatable bonds is 5. The van der Waals surface area contributed by atoms with Crippen molar-refractivity contribution in [2.24, 2.45) is 5.92 Å². The number of imidazole rings is 1. The van der Waals surface area contributed by atoms with Crippen molar-refractivity contribution in [3.05, 3.63) is 59.3 Å². The van der Waals surface area contributed by atoms with E-state index in [1.54, 1.807) is 0 Å². The second-order valence-corrected chi connectivity index (χ2v) is 9.87. The van der Waals surface area contributed by atoms with E-state index in [9.17, 15) is 4.79 Å². The minimum Gasteiger partial charge on any atom is -0.486 e. The maximum atomic E-state index is 12.8. The molecular formula is C25H28Cl2N4O3S. The number of halogens is 2. The summed E-state index contributed by atoms with van der Waals surface area (Å²) in [6.07, 6.45) is 5.96. The molecule has 1 N–H and O–H groups in total. The summed E-state index contributed by atoms with van der Waals surface area (Å²) in [5.74, 6) is 2.16. The number of fused-ring (bicyclic) bond motifs is 1. The molecule has 0 spiro atoms. The van der Waals surface area contributed by atoms with Gasteiger partial charge < -0.3 is 14.8 Å². The molecule has 1 saturated heterocycles. The molecule has 10 heteroatoms. The number of hydrogen-bond donors (Lipinski definition) is 1. The van der Waals surface area contributed by atoms with E-state index in [1.807, 2.05) is 54.7 Å². The second-order valence-electron chi connectivity index (χ2n) is 8.80. The van der Waals surface area contributed by atoms with Gasteiger partial charge in [-0.05, 0) is 62.2 Å². The van der Waals surface area contributed by atoms with Crippen molar-refractivity contribution in [2.45, 2.75) is 24.0 Å². The Hall–Kier alpha value is -2.39. The molecule has 0 aliphatic carbocycles. The molecular weight excluding hydrogens is 507 g/mol. The lowest BCUT2D eigenvalue weighted by Gasteiger charge is -2.35. The largest absolute Gasteiger partial charge is 0.486 e. The Kier molecular flexibility index (Phi) is 8.16. The number of carbonyl (C=O) groups is 1. The number of amides is 1. The van der Waals surface area contributed by atoms with Gasteiger partial charge >= 0.3 is 0 Å². The summed E-state index contributed by atoms with van der Waals surface area (Å²) in [7, 11) is 0. The smallest absolute Gasteiger partial charge is 0.258 e. The Morgan fingerprint density at radius 1 is 1.09 bits per heavy atom. The number of carbonyl (C=O) groups excluding carboxylic acids is 1. The van der Waals surface area contributed by atoms with Crippen LogP contribution in [-0.2, 0) is 4.79 Å². The summed E-state index contributed by atoms with van der Waals surface area (Å²) in [6.45, 7) is 4.20. The quantitative estimate of drug-likeness (QED) is 0.526. The molecule has 5 heterocycles. The van der Waals surface area contributed by atoms with Gasteiger partial charge in [-0.3, -0.25) is 14.1 Å². The van der Waals surface area contributed by atoms with Gasteiger partial charge in [0.15, 0.2) is 11.5 Å². The lowest BCUT2D eigenvalue weighted by Crippen LogP contribution is -2.45. The van der Waals surface area contributed by atoms with Crippen molar-refractivity contribution in [2.75, 3.05) is 32.8 Å². The predicted octanol–water partition coefficient (Wildman–Crippen LogP) is 4.29. The average molecular weight is 535 g/mol. The Bertz CT molecular complexity index is 1230. The lowest BCUT2D eigenvalue weighted by atomic mass is 9.96. The van der Waals surface area contributed by atoms with Gasteiger partial charge in [0, 0.05) is 13.1 Å². The van der Waals surface area contributed by atoms with Crippen LogP contribution in [0.15, 0.2) is 58.6 Å². The molecule has 1 amide bonds. The van der Waals surface area contributed by atoms with Gasteiger partial charge in [-0.25, -0.2) is 4.98 Å². The van der Waals surface area contributed by atoms with Crippen LogP contribution in [0.2, 0.25) is 0 Å².